The molecule has 1 aliphatic heterocycles. The first-order chi connectivity index (χ1) is 8.76. The number of aromatic amines is 1. The molecular weight excluding hydrogens is 250 g/mol. The highest BCUT2D eigenvalue weighted by atomic mass is 32.2. The summed E-state index contributed by atoms with van der Waals surface area (Å²) in [5.41, 5.74) is 0.321. The molecule has 0 spiro atoms. The summed E-state index contributed by atoms with van der Waals surface area (Å²) in [4.78, 5) is 21.2. The molecule has 0 aliphatic carbocycles. The van der Waals surface area contributed by atoms with Crippen molar-refractivity contribution in [2.24, 2.45) is 0 Å². The molecule has 1 saturated heterocycles. The van der Waals surface area contributed by atoms with Gasteiger partial charge in [0.2, 0.25) is 0 Å². The lowest BCUT2D eigenvalue weighted by Gasteiger charge is -2.29. The fourth-order valence-corrected chi connectivity index (χ4v) is 2.51. The van der Waals surface area contributed by atoms with E-state index in [0.29, 0.717) is 24.7 Å². The summed E-state index contributed by atoms with van der Waals surface area (Å²) in [7, 11) is 0. The van der Waals surface area contributed by atoms with Gasteiger partial charge in [0.1, 0.15) is 0 Å². The third-order valence-corrected chi connectivity index (χ3v) is 3.42. The highest BCUT2D eigenvalue weighted by Gasteiger charge is 2.19. The molecule has 2 heterocycles. The third kappa shape index (κ3) is 2.65. The van der Waals surface area contributed by atoms with E-state index in [9.17, 15) is 4.79 Å². The summed E-state index contributed by atoms with van der Waals surface area (Å²) in [5, 5.41) is 1.71. The second-order valence-corrected chi connectivity index (χ2v) is 4.67. The summed E-state index contributed by atoms with van der Waals surface area (Å²) in [5.74, 6) is 0.682. The Balaban J connectivity index is 2.48. The summed E-state index contributed by atoms with van der Waals surface area (Å²) in [6.07, 6.45) is 1.62. The molecule has 0 amide bonds. The van der Waals surface area contributed by atoms with Crippen LogP contribution >= 0.6 is 11.8 Å². The zero-order chi connectivity index (χ0) is 13.0. The standard InChI is InChI=1S/C12H15N3O2S/c1-3-9-10(18-4-2)11(14-12(16)13-9)15-5-7-17-8-6-15/h3-4H,1-2,5-8H2,(H,13,14,16). The lowest BCUT2D eigenvalue weighted by atomic mass is 10.3. The van der Waals surface area contributed by atoms with E-state index in [-0.39, 0.29) is 5.69 Å². The van der Waals surface area contributed by atoms with Gasteiger partial charge in [0, 0.05) is 13.1 Å². The molecule has 1 N–H and O–H groups in total. The summed E-state index contributed by atoms with van der Waals surface area (Å²) in [6.45, 7) is 10.2. The van der Waals surface area contributed by atoms with Gasteiger partial charge in [0.15, 0.2) is 5.82 Å². The van der Waals surface area contributed by atoms with Crippen LogP contribution in [0.5, 0.6) is 0 Å². The molecule has 96 valence electrons. The molecule has 1 aliphatic rings. The quantitative estimate of drug-likeness (QED) is 0.836. The number of rotatable bonds is 4. The van der Waals surface area contributed by atoms with E-state index in [1.165, 1.54) is 11.8 Å². The van der Waals surface area contributed by atoms with Crippen molar-refractivity contribution >= 4 is 23.7 Å². The Kier molecular flexibility index (Phi) is 4.22. The van der Waals surface area contributed by atoms with Crippen molar-refractivity contribution in [1.29, 1.82) is 0 Å². The van der Waals surface area contributed by atoms with Gasteiger partial charge in [-0.3, -0.25) is 0 Å². The molecule has 0 saturated carbocycles. The highest BCUT2D eigenvalue weighted by Crippen LogP contribution is 2.31. The molecule has 0 unspecified atom stereocenters. The molecule has 0 atom stereocenters. The highest BCUT2D eigenvalue weighted by molar-refractivity contribution is 8.02. The van der Waals surface area contributed by atoms with Gasteiger partial charge in [-0.1, -0.05) is 24.9 Å². The predicted molar refractivity (Wildman–Crippen MR) is 74.0 cm³/mol. The summed E-state index contributed by atoms with van der Waals surface area (Å²) >= 11 is 1.43. The number of aromatic nitrogens is 2. The Bertz CT molecular complexity index is 507. The van der Waals surface area contributed by atoms with Crippen LogP contribution in [0.15, 0.2) is 28.3 Å². The van der Waals surface area contributed by atoms with Crippen molar-refractivity contribution in [3.63, 3.8) is 0 Å². The van der Waals surface area contributed by atoms with Crippen molar-refractivity contribution in [3.8, 4) is 0 Å². The van der Waals surface area contributed by atoms with Crippen molar-refractivity contribution < 1.29 is 4.74 Å². The van der Waals surface area contributed by atoms with E-state index in [0.717, 1.165) is 18.0 Å². The van der Waals surface area contributed by atoms with Gasteiger partial charge in [0.05, 0.1) is 23.8 Å². The molecule has 0 bridgehead atoms. The van der Waals surface area contributed by atoms with Gasteiger partial charge in [-0.25, -0.2) is 4.79 Å². The molecule has 1 fully saturated rings. The number of hydrogen-bond donors (Lipinski definition) is 1. The fraction of sp³-hybridized carbons (Fsp3) is 0.333. The van der Waals surface area contributed by atoms with Crippen LogP contribution in [0.4, 0.5) is 5.82 Å². The number of ether oxygens (including phenoxy) is 1. The number of H-pyrrole nitrogens is 1. The first-order valence-corrected chi connectivity index (χ1v) is 6.51. The van der Waals surface area contributed by atoms with Crippen LogP contribution in [0, 0.1) is 0 Å². The Morgan fingerprint density at radius 1 is 1.39 bits per heavy atom. The second-order valence-electron chi connectivity index (χ2n) is 3.70. The van der Waals surface area contributed by atoms with Gasteiger partial charge in [-0.15, -0.1) is 0 Å². The van der Waals surface area contributed by atoms with E-state index >= 15 is 0 Å². The maximum atomic E-state index is 11.6. The Labute approximate surface area is 110 Å². The van der Waals surface area contributed by atoms with Crippen LogP contribution in [0.3, 0.4) is 0 Å². The molecule has 0 radical (unpaired) electrons. The van der Waals surface area contributed by atoms with Crippen molar-refractivity contribution in [3.05, 3.63) is 34.7 Å². The van der Waals surface area contributed by atoms with Gasteiger partial charge in [-0.05, 0) is 11.5 Å². The molecular formula is C12H15N3O2S. The number of anilines is 1. The number of morpholine rings is 1. The van der Waals surface area contributed by atoms with Crippen molar-refractivity contribution in [2.75, 3.05) is 31.2 Å². The van der Waals surface area contributed by atoms with E-state index in [1.54, 1.807) is 11.5 Å². The summed E-state index contributed by atoms with van der Waals surface area (Å²) in [6, 6.07) is 0. The number of thioether (sulfide) groups is 1. The van der Waals surface area contributed by atoms with Crippen LogP contribution in [0.25, 0.3) is 6.08 Å². The van der Waals surface area contributed by atoms with Crippen LogP contribution < -0.4 is 10.6 Å². The molecule has 1 aromatic rings. The lowest BCUT2D eigenvalue weighted by Crippen LogP contribution is -2.38. The average molecular weight is 265 g/mol. The second kappa shape index (κ2) is 5.88. The predicted octanol–water partition coefficient (Wildman–Crippen LogP) is 1.49. The van der Waals surface area contributed by atoms with Gasteiger partial charge >= 0.3 is 5.69 Å². The number of nitrogens with zero attached hydrogens (tertiary/aromatic N) is 2. The van der Waals surface area contributed by atoms with Crippen molar-refractivity contribution in [1.82, 2.24) is 9.97 Å². The molecule has 6 heteroatoms. The Morgan fingerprint density at radius 3 is 2.72 bits per heavy atom. The third-order valence-electron chi connectivity index (χ3n) is 2.61. The lowest BCUT2D eigenvalue weighted by molar-refractivity contribution is 0.122. The maximum absolute atomic E-state index is 11.6. The zero-order valence-corrected chi connectivity index (χ0v) is 10.8. The number of hydrogen-bond acceptors (Lipinski definition) is 5. The Morgan fingerprint density at radius 2 is 2.11 bits per heavy atom. The van der Waals surface area contributed by atoms with Crippen molar-refractivity contribution in [2.45, 2.75) is 4.90 Å². The smallest absolute Gasteiger partial charge is 0.347 e. The topological polar surface area (TPSA) is 58.2 Å². The van der Waals surface area contributed by atoms with E-state index in [1.807, 2.05) is 0 Å². The molecule has 5 nitrogen and oxygen atoms in total. The van der Waals surface area contributed by atoms with E-state index in [4.69, 9.17) is 4.74 Å². The minimum atomic E-state index is -0.361. The first kappa shape index (κ1) is 12.9. The van der Waals surface area contributed by atoms with Gasteiger partial charge in [0.25, 0.3) is 0 Å². The number of nitrogens with one attached hydrogen (secondary N) is 1. The first-order valence-electron chi connectivity index (χ1n) is 5.63. The van der Waals surface area contributed by atoms with Gasteiger partial charge in [-0.2, -0.15) is 4.98 Å². The normalized spacial score (nSPS) is 15.4. The largest absolute Gasteiger partial charge is 0.378 e. The summed E-state index contributed by atoms with van der Waals surface area (Å²) < 4.78 is 5.31. The molecule has 18 heavy (non-hydrogen) atoms. The minimum Gasteiger partial charge on any atom is -0.378 e. The van der Waals surface area contributed by atoms with E-state index < -0.39 is 0 Å². The van der Waals surface area contributed by atoms with Crippen LogP contribution in [0.1, 0.15) is 5.69 Å². The van der Waals surface area contributed by atoms with Gasteiger partial charge < -0.3 is 14.6 Å². The molecule has 2 rings (SSSR count). The van der Waals surface area contributed by atoms with E-state index in [2.05, 4.69) is 28.0 Å². The Hall–Kier alpha value is -1.53. The molecule has 0 aromatic carbocycles. The zero-order valence-electron chi connectivity index (χ0n) is 10.0. The average Bonchev–Trinajstić information content (AvgIpc) is 2.41. The SMILES string of the molecule is C=CSc1c(N2CCOCC2)nc(=O)[nH]c1C=C. The minimum absolute atomic E-state index is 0.361. The van der Waals surface area contributed by atoms with Crippen LogP contribution in [0.2, 0.25) is 0 Å². The van der Waals surface area contributed by atoms with Crippen LogP contribution in [-0.2, 0) is 4.74 Å². The molecule has 1 aromatic heterocycles. The maximum Gasteiger partial charge on any atom is 0.347 e. The monoisotopic (exact) mass is 265 g/mol. The van der Waals surface area contributed by atoms with Crippen LogP contribution in [-0.4, -0.2) is 36.3 Å². The fourth-order valence-electron chi connectivity index (χ4n) is 1.80.